The first-order valence-corrected chi connectivity index (χ1v) is 5.91. The molecule has 89 valence electrons. The highest BCUT2D eigenvalue weighted by Crippen LogP contribution is 2.19. The van der Waals surface area contributed by atoms with Gasteiger partial charge in [-0.3, -0.25) is 4.79 Å². The smallest absolute Gasteiger partial charge is 0.276 e. The molecule has 0 aliphatic carbocycles. The predicted molar refractivity (Wildman–Crippen MR) is 70.2 cm³/mol. The van der Waals surface area contributed by atoms with Gasteiger partial charge in [-0.25, -0.2) is 0 Å². The SMILES string of the molecule is O=C1O[B-](c2ccccc2)NC1c1ccccc1. The molecule has 1 unspecified atom stereocenters. The maximum atomic E-state index is 11.9. The van der Waals surface area contributed by atoms with E-state index in [-0.39, 0.29) is 19.1 Å². The molecule has 18 heavy (non-hydrogen) atoms. The zero-order valence-electron chi connectivity index (χ0n) is 9.74. The summed E-state index contributed by atoms with van der Waals surface area (Å²) in [6, 6.07) is 18.9. The van der Waals surface area contributed by atoms with E-state index in [1.54, 1.807) is 0 Å². The third kappa shape index (κ3) is 2.02. The molecule has 1 aliphatic heterocycles. The van der Waals surface area contributed by atoms with E-state index in [0.717, 1.165) is 11.0 Å². The highest BCUT2D eigenvalue weighted by atomic mass is 16.5. The van der Waals surface area contributed by atoms with E-state index in [1.807, 2.05) is 60.7 Å². The van der Waals surface area contributed by atoms with Crippen molar-refractivity contribution >= 4 is 18.5 Å². The molecule has 0 bridgehead atoms. The summed E-state index contributed by atoms with van der Waals surface area (Å²) < 4.78 is 5.36. The van der Waals surface area contributed by atoms with Gasteiger partial charge < -0.3 is 9.88 Å². The molecule has 2 aromatic rings. The zero-order valence-corrected chi connectivity index (χ0v) is 9.74. The molecule has 1 aliphatic rings. The largest absolute Gasteiger partial charge is 0.692 e. The normalized spacial score (nSPS) is 19.8. The van der Waals surface area contributed by atoms with Crippen LogP contribution in [0.5, 0.6) is 0 Å². The van der Waals surface area contributed by atoms with Crippen molar-refractivity contribution in [2.45, 2.75) is 6.04 Å². The first-order valence-electron chi connectivity index (χ1n) is 5.91. The van der Waals surface area contributed by atoms with Crippen LogP contribution in [0.3, 0.4) is 0 Å². The topological polar surface area (TPSA) is 38.3 Å². The van der Waals surface area contributed by atoms with Gasteiger partial charge in [0, 0.05) is 0 Å². The Morgan fingerprint density at radius 1 is 0.944 bits per heavy atom. The van der Waals surface area contributed by atoms with Gasteiger partial charge in [-0.15, -0.1) is 0 Å². The van der Waals surface area contributed by atoms with E-state index in [2.05, 4.69) is 5.23 Å². The van der Waals surface area contributed by atoms with Gasteiger partial charge in [-0.05, 0) is 5.56 Å². The van der Waals surface area contributed by atoms with E-state index in [4.69, 9.17) is 4.65 Å². The molecule has 0 amide bonds. The molecule has 1 fully saturated rings. The highest BCUT2D eigenvalue weighted by molar-refractivity contribution is 6.68. The Kier molecular flexibility index (Phi) is 2.86. The Hall–Kier alpha value is -2.07. The lowest BCUT2D eigenvalue weighted by Crippen LogP contribution is -2.41. The number of carbonyl (C=O) groups excluding carboxylic acids is 1. The van der Waals surface area contributed by atoms with E-state index in [0.29, 0.717) is 0 Å². The molecule has 1 atom stereocenters. The Morgan fingerprint density at radius 3 is 2.22 bits per heavy atom. The number of rotatable bonds is 2. The van der Waals surface area contributed by atoms with Crippen LogP contribution >= 0.6 is 0 Å². The second-order valence-corrected chi connectivity index (χ2v) is 4.24. The van der Waals surface area contributed by atoms with Crippen LogP contribution in [0.15, 0.2) is 60.7 Å². The molecular weight excluding hydrogens is 225 g/mol. The minimum absolute atomic E-state index is 0.227. The number of hydrogen-bond acceptors (Lipinski definition) is 3. The summed E-state index contributed by atoms with van der Waals surface area (Å²) in [4.78, 5) is 11.9. The second kappa shape index (κ2) is 4.66. The average molecular weight is 237 g/mol. The molecule has 1 saturated heterocycles. The number of benzene rings is 2. The number of carbonyl (C=O) groups is 1. The molecular formula is C14H12BNO2-. The summed E-state index contributed by atoms with van der Waals surface area (Å²) in [5, 5.41) is 3.20. The molecule has 1 N–H and O–H groups in total. The van der Waals surface area contributed by atoms with Crippen molar-refractivity contribution in [1.82, 2.24) is 5.23 Å². The van der Waals surface area contributed by atoms with Crippen molar-refractivity contribution in [3.8, 4) is 0 Å². The molecule has 0 saturated carbocycles. The molecule has 4 heteroatoms. The van der Waals surface area contributed by atoms with Gasteiger partial charge >= 0.3 is 0 Å². The van der Waals surface area contributed by atoms with Gasteiger partial charge in [-0.2, -0.15) is 5.46 Å². The van der Waals surface area contributed by atoms with Crippen LogP contribution in [-0.2, 0) is 9.45 Å². The van der Waals surface area contributed by atoms with Crippen molar-refractivity contribution in [1.29, 1.82) is 0 Å². The minimum atomic E-state index is -0.378. The second-order valence-electron chi connectivity index (χ2n) is 4.24. The lowest BCUT2D eigenvalue weighted by atomic mass is 9.74. The van der Waals surface area contributed by atoms with Crippen LogP contribution in [0.2, 0.25) is 0 Å². The van der Waals surface area contributed by atoms with Crippen LogP contribution in [-0.4, -0.2) is 13.0 Å². The highest BCUT2D eigenvalue weighted by Gasteiger charge is 2.27. The first kappa shape index (κ1) is 11.0. The predicted octanol–water partition coefficient (Wildman–Crippen LogP) is 1.27. The van der Waals surface area contributed by atoms with Crippen LogP contribution < -0.4 is 10.7 Å². The van der Waals surface area contributed by atoms with E-state index in [9.17, 15) is 4.79 Å². The summed E-state index contributed by atoms with van der Waals surface area (Å²) in [5.74, 6) is -0.227. The monoisotopic (exact) mass is 237 g/mol. The summed E-state index contributed by atoms with van der Waals surface area (Å²) in [5.41, 5.74) is 1.89. The lowest BCUT2D eigenvalue weighted by molar-refractivity contribution is -0.134. The van der Waals surface area contributed by atoms with Gasteiger partial charge in [-0.1, -0.05) is 60.7 Å². The summed E-state index contributed by atoms with van der Waals surface area (Å²) in [7, 11) is -0.357. The van der Waals surface area contributed by atoms with Crippen LogP contribution in [0.1, 0.15) is 11.6 Å². The fourth-order valence-corrected chi connectivity index (χ4v) is 2.11. The van der Waals surface area contributed by atoms with Gasteiger partial charge in [0.2, 0.25) is 0 Å². The molecule has 3 nitrogen and oxygen atoms in total. The third-order valence-electron chi connectivity index (χ3n) is 3.02. The minimum Gasteiger partial charge on any atom is -0.692 e. The van der Waals surface area contributed by atoms with E-state index < -0.39 is 0 Å². The van der Waals surface area contributed by atoms with Crippen LogP contribution in [0.4, 0.5) is 0 Å². The van der Waals surface area contributed by atoms with Crippen molar-refractivity contribution in [2.24, 2.45) is 0 Å². The Balaban J connectivity index is 1.83. The van der Waals surface area contributed by atoms with Gasteiger partial charge in [0.15, 0.2) is 7.05 Å². The van der Waals surface area contributed by atoms with Crippen LogP contribution in [0.25, 0.3) is 0 Å². The van der Waals surface area contributed by atoms with E-state index >= 15 is 0 Å². The first-order chi connectivity index (χ1) is 8.84. The quantitative estimate of drug-likeness (QED) is 0.799. The van der Waals surface area contributed by atoms with Crippen molar-refractivity contribution in [2.75, 3.05) is 0 Å². The molecule has 2 aromatic carbocycles. The molecule has 1 radical (unpaired) electrons. The van der Waals surface area contributed by atoms with Crippen molar-refractivity contribution in [3.05, 3.63) is 66.2 Å². The summed E-state index contributed by atoms with van der Waals surface area (Å²) in [6.07, 6.45) is 0. The van der Waals surface area contributed by atoms with Crippen molar-refractivity contribution in [3.63, 3.8) is 0 Å². The molecule has 1 heterocycles. The Labute approximate surface area is 106 Å². The van der Waals surface area contributed by atoms with Gasteiger partial charge in [0.1, 0.15) is 0 Å². The maximum absolute atomic E-state index is 11.9. The Morgan fingerprint density at radius 2 is 1.56 bits per heavy atom. The lowest BCUT2D eigenvalue weighted by Gasteiger charge is -2.21. The summed E-state index contributed by atoms with van der Waals surface area (Å²) >= 11 is 0. The maximum Gasteiger partial charge on any atom is 0.276 e. The number of nitrogens with one attached hydrogen (secondary N) is 1. The summed E-state index contributed by atoms with van der Waals surface area (Å²) in [6.45, 7) is 0. The van der Waals surface area contributed by atoms with Gasteiger partial charge in [0.25, 0.3) is 5.97 Å². The Bertz CT molecular complexity index is 544. The molecule has 0 aromatic heterocycles. The molecule has 3 rings (SSSR count). The number of hydrogen-bond donors (Lipinski definition) is 1. The fraction of sp³-hybridized carbons (Fsp3) is 0.0714. The zero-order chi connectivity index (χ0) is 12.4. The fourth-order valence-electron chi connectivity index (χ4n) is 2.11. The third-order valence-corrected chi connectivity index (χ3v) is 3.02. The van der Waals surface area contributed by atoms with Crippen molar-refractivity contribution < 1.29 is 9.45 Å². The van der Waals surface area contributed by atoms with Gasteiger partial charge in [0.05, 0.1) is 6.04 Å². The van der Waals surface area contributed by atoms with Crippen LogP contribution in [0, 0.1) is 0 Å². The standard InChI is InChI=1S/C14H12BNO2/c17-14-13(11-7-3-1-4-8-11)16-15(18-14)12-9-5-2-6-10-12/h1-10,13,16H/q-1. The molecule has 0 spiro atoms. The van der Waals surface area contributed by atoms with E-state index in [1.165, 1.54) is 0 Å². The average Bonchev–Trinajstić information content (AvgIpc) is 2.83.